The van der Waals surface area contributed by atoms with Gasteiger partial charge in [0.2, 0.25) is 0 Å². The fourth-order valence-electron chi connectivity index (χ4n) is 3.52. The van der Waals surface area contributed by atoms with Gasteiger partial charge in [0, 0.05) is 35.4 Å². The number of halogens is 1. The Kier molecular flexibility index (Phi) is 8.62. The largest absolute Gasteiger partial charge is 0.481 e. The summed E-state index contributed by atoms with van der Waals surface area (Å²) in [6.07, 6.45) is 0.258. The molecular formula is C26H32ClN3O5. The second-order valence-electron chi connectivity index (χ2n) is 9.50. The zero-order valence-corrected chi connectivity index (χ0v) is 21.2. The lowest BCUT2D eigenvalue weighted by Gasteiger charge is -2.33. The van der Waals surface area contributed by atoms with Crippen molar-refractivity contribution in [2.75, 3.05) is 18.4 Å². The van der Waals surface area contributed by atoms with Crippen molar-refractivity contribution in [3.63, 3.8) is 0 Å². The predicted octanol–water partition coefficient (Wildman–Crippen LogP) is 4.88. The molecule has 0 bridgehead atoms. The van der Waals surface area contributed by atoms with Gasteiger partial charge in [-0.15, -0.1) is 0 Å². The highest BCUT2D eigenvalue weighted by Crippen LogP contribution is 2.18. The summed E-state index contributed by atoms with van der Waals surface area (Å²) in [5.74, 6) is -0.0151. The number of carbonyl (C=O) groups is 3. The summed E-state index contributed by atoms with van der Waals surface area (Å²) in [6.45, 7) is 8.22. The Morgan fingerprint density at radius 1 is 1.00 bits per heavy atom. The van der Waals surface area contributed by atoms with E-state index >= 15 is 0 Å². The van der Waals surface area contributed by atoms with E-state index in [0.717, 1.165) is 0 Å². The van der Waals surface area contributed by atoms with Gasteiger partial charge < -0.3 is 25.0 Å². The number of nitrogens with zero attached hydrogens (tertiary/aromatic N) is 1. The van der Waals surface area contributed by atoms with Gasteiger partial charge in [0.05, 0.1) is 0 Å². The molecule has 0 spiro atoms. The smallest absolute Gasteiger partial charge is 0.410 e. The molecule has 0 aromatic heterocycles. The minimum Gasteiger partial charge on any atom is -0.481 e. The van der Waals surface area contributed by atoms with Gasteiger partial charge in [-0.2, -0.15) is 0 Å². The van der Waals surface area contributed by atoms with E-state index in [1.54, 1.807) is 60.4 Å². The van der Waals surface area contributed by atoms with Gasteiger partial charge in [0.15, 0.2) is 6.10 Å². The highest BCUT2D eigenvalue weighted by molar-refractivity contribution is 6.30. The molecule has 1 saturated heterocycles. The van der Waals surface area contributed by atoms with E-state index in [9.17, 15) is 14.4 Å². The quantitative estimate of drug-likeness (QED) is 0.588. The molecule has 0 aliphatic carbocycles. The standard InChI is InChI=1S/C26H32ClN3O5/c1-17(23(31)28-20-9-7-19(27)8-10-20)34-22-11-5-18(6-12-22)24(32)29-21-13-15-30(16-14-21)25(33)35-26(2,3)4/h5-12,17,21H,13-16H2,1-4H3,(H,28,31)(H,29,32). The molecule has 0 radical (unpaired) electrons. The summed E-state index contributed by atoms with van der Waals surface area (Å²) < 4.78 is 11.1. The zero-order valence-electron chi connectivity index (χ0n) is 20.5. The Bertz CT molecular complexity index is 1030. The summed E-state index contributed by atoms with van der Waals surface area (Å²) in [5.41, 5.74) is 0.583. The number of ether oxygens (including phenoxy) is 2. The molecule has 1 atom stereocenters. The minimum atomic E-state index is -0.736. The predicted molar refractivity (Wildman–Crippen MR) is 135 cm³/mol. The van der Waals surface area contributed by atoms with E-state index in [2.05, 4.69) is 10.6 Å². The van der Waals surface area contributed by atoms with Gasteiger partial charge in [-0.05, 0) is 89.1 Å². The Labute approximate surface area is 210 Å². The lowest BCUT2D eigenvalue weighted by molar-refractivity contribution is -0.122. The number of amides is 3. The van der Waals surface area contributed by atoms with Crippen LogP contribution in [0.15, 0.2) is 48.5 Å². The Hall–Kier alpha value is -3.26. The van der Waals surface area contributed by atoms with Gasteiger partial charge in [-0.3, -0.25) is 9.59 Å². The van der Waals surface area contributed by atoms with Crippen LogP contribution in [0.1, 0.15) is 50.9 Å². The molecule has 2 aromatic rings. The molecule has 0 saturated carbocycles. The highest BCUT2D eigenvalue weighted by atomic mass is 35.5. The van der Waals surface area contributed by atoms with Gasteiger partial charge in [0.1, 0.15) is 11.4 Å². The van der Waals surface area contributed by atoms with Crippen LogP contribution in [0, 0.1) is 0 Å². The second kappa shape index (κ2) is 11.4. The third-order valence-corrected chi connectivity index (χ3v) is 5.64. The van der Waals surface area contributed by atoms with Crippen molar-refractivity contribution in [2.45, 2.75) is 58.3 Å². The number of carbonyl (C=O) groups excluding carboxylic acids is 3. The van der Waals surface area contributed by atoms with Crippen LogP contribution in [0.25, 0.3) is 0 Å². The topological polar surface area (TPSA) is 97.0 Å². The van der Waals surface area contributed by atoms with E-state index < -0.39 is 11.7 Å². The number of anilines is 1. The number of rotatable bonds is 6. The number of hydrogen-bond acceptors (Lipinski definition) is 5. The maximum Gasteiger partial charge on any atom is 0.410 e. The molecule has 3 rings (SSSR count). The average molecular weight is 502 g/mol. The van der Waals surface area contributed by atoms with E-state index in [1.807, 2.05) is 20.8 Å². The molecule has 1 heterocycles. The van der Waals surface area contributed by atoms with E-state index in [0.29, 0.717) is 48.0 Å². The third kappa shape index (κ3) is 8.17. The first-order valence-electron chi connectivity index (χ1n) is 11.6. The van der Waals surface area contributed by atoms with Crippen molar-refractivity contribution in [3.8, 4) is 5.75 Å². The number of nitrogens with one attached hydrogen (secondary N) is 2. The summed E-state index contributed by atoms with van der Waals surface area (Å²) in [4.78, 5) is 38.9. The van der Waals surface area contributed by atoms with Gasteiger partial charge in [0.25, 0.3) is 11.8 Å². The summed E-state index contributed by atoms with van der Waals surface area (Å²) in [6, 6.07) is 13.4. The van der Waals surface area contributed by atoms with Crippen LogP contribution in [0.2, 0.25) is 5.02 Å². The van der Waals surface area contributed by atoms with Crippen LogP contribution >= 0.6 is 11.6 Å². The molecule has 1 aliphatic heterocycles. The molecule has 2 N–H and O–H groups in total. The van der Waals surface area contributed by atoms with E-state index in [-0.39, 0.29) is 23.9 Å². The minimum absolute atomic E-state index is 0.0197. The second-order valence-corrected chi connectivity index (χ2v) is 9.93. The van der Waals surface area contributed by atoms with Crippen molar-refractivity contribution < 1.29 is 23.9 Å². The van der Waals surface area contributed by atoms with Crippen molar-refractivity contribution >= 4 is 35.2 Å². The van der Waals surface area contributed by atoms with Gasteiger partial charge >= 0.3 is 6.09 Å². The zero-order chi connectivity index (χ0) is 25.6. The van der Waals surface area contributed by atoms with Crippen LogP contribution in [0.4, 0.5) is 10.5 Å². The summed E-state index contributed by atoms with van der Waals surface area (Å²) in [5, 5.41) is 6.37. The summed E-state index contributed by atoms with van der Waals surface area (Å²) in [7, 11) is 0. The fourth-order valence-corrected chi connectivity index (χ4v) is 3.65. The lowest BCUT2D eigenvalue weighted by Crippen LogP contribution is -2.47. The highest BCUT2D eigenvalue weighted by Gasteiger charge is 2.27. The van der Waals surface area contributed by atoms with Gasteiger partial charge in [-0.1, -0.05) is 11.6 Å². The molecule has 2 aromatic carbocycles. The molecule has 188 valence electrons. The SMILES string of the molecule is CC(Oc1ccc(C(=O)NC2CCN(C(=O)OC(C)(C)C)CC2)cc1)C(=O)Nc1ccc(Cl)cc1. The Morgan fingerprint density at radius 2 is 1.60 bits per heavy atom. The Morgan fingerprint density at radius 3 is 2.17 bits per heavy atom. The molecule has 35 heavy (non-hydrogen) atoms. The normalized spacial score (nSPS) is 15.2. The molecule has 3 amide bonds. The molecular weight excluding hydrogens is 470 g/mol. The monoisotopic (exact) mass is 501 g/mol. The van der Waals surface area contributed by atoms with E-state index in [4.69, 9.17) is 21.1 Å². The molecule has 1 aliphatic rings. The maximum atomic E-state index is 12.7. The van der Waals surface area contributed by atoms with Crippen LogP contribution in [0.3, 0.4) is 0 Å². The first-order valence-corrected chi connectivity index (χ1v) is 12.0. The van der Waals surface area contributed by atoms with Crippen molar-refractivity contribution in [1.82, 2.24) is 10.2 Å². The number of piperidine rings is 1. The summed E-state index contributed by atoms with van der Waals surface area (Å²) >= 11 is 5.86. The van der Waals surface area contributed by atoms with E-state index in [1.165, 1.54) is 0 Å². The Balaban J connectivity index is 1.45. The van der Waals surface area contributed by atoms with Crippen LogP contribution < -0.4 is 15.4 Å². The maximum absolute atomic E-state index is 12.7. The first kappa shape index (κ1) is 26.3. The van der Waals surface area contributed by atoms with Crippen LogP contribution in [0.5, 0.6) is 5.75 Å². The first-order chi connectivity index (χ1) is 16.5. The lowest BCUT2D eigenvalue weighted by atomic mass is 10.0. The molecule has 1 unspecified atom stereocenters. The van der Waals surface area contributed by atoms with Crippen LogP contribution in [-0.2, 0) is 9.53 Å². The fraction of sp³-hybridized carbons (Fsp3) is 0.423. The molecule has 9 heteroatoms. The average Bonchev–Trinajstić information content (AvgIpc) is 2.80. The number of hydrogen-bond donors (Lipinski definition) is 2. The third-order valence-electron chi connectivity index (χ3n) is 5.39. The number of benzene rings is 2. The van der Waals surface area contributed by atoms with Gasteiger partial charge in [-0.25, -0.2) is 4.79 Å². The molecule has 1 fully saturated rings. The number of likely N-dealkylation sites (tertiary alicyclic amines) is 1. The molecule has 8 nitrogen and oxygen atoms in total. The van der Waals surface area contributed by atoms with Crippen molar-refractivity contribution in [2.24, 2.45) is 0 Å². The van der Waals surface area contributed by atoms with Crippen molar-refractivity contribution in [3.05, 3.63) is 59.1 Å². The van der Waals surface area contributed by atoms with Crippen molar-refractivity contribution in [1.29, 1.82) is 0 Å². The van der Waals surface area contributed by atoms with Crippen LogP contribution in [-0.4, -0.2) is 53.6 Å².